The highest BCUT2D eigenvalue weighted by Gasteiger charge is 2.16. The lowest BCUT2D eigenvalue weighted by Gasteiger charge is -2.13. The summed E-state index contributed by atoms with van der Waals surface area (Å²) in [6, 6.07) is 16.1. The minimum atomic E-state index is -0.297. The Morgan fingerprint density at radius 2 is 1.86 bits per heavy atom. The minimum absolute atomic E-state index is 0.0194. The van der Waals surface area contributed by atoms with Crippen LogP contribution in [0.2, 0.25) is 5.02 Å². The molecule has 1 amide bonds. The quantitative estimate of drug-likeness (QED) is 0.561. The number of carbonyl (C=O) groups is 1. The van der Waals surface area contributed by atoms with Crippen LogP contribution in [0, 0.1) is 13.8 Å². The van der Waals surface area contributed by atoms with Gasteiger partial charge >= 0.3 is 0 Å². The first-order valence-corrected chi connectivity index (χ1v) is 9.39. The van der Waals surface area contributed by atoms with Crippen molar-refractivity contribution in [3.05, 3.63) is 81.2 Å². The molecule has 0 atom stereocenters. The molecule has 146 valence electrons. The van der Waals surface area contributed by atoms with E-state index in [9.17, 15) is 9.59 Å². The third-order valence-corrected chi connectivity index (χ3v) is 5.08. The molecule has 0 bridgehead atoms. The van der Waals surface area contributed by atoms with Crippen molar-refractivity contribution in [2.45, 2.75) is 20.4 Å². The standard InChI is InChI=1S/C21H18ClN5O2/c1-13-11-19(29)27-21(24-20(25-27)15-7-4-3-5-8-15)26(13)12-18(28)23-17-10-6-9-16(22)14(17)2/h3-11H,12H2,1-2H3,(H,23,28). The van der Waals surface area contributed by atoms with Crippen LogP contribution in [0.5, 0.6) is 0 Å². The Kier molecular flexibility index (Phi) is 4.90. The summed E-state index contributed by atoms with van der Waals surface area (Å²) in [5, 5.41) is 7.77. The molecular weight excluding hydrogens is 390 g/mol. The number of aryl methyl sites for hydroxylation is 1. The number of hydrogen-bond acceptors (Lipinski definition) is 4. The summed E-state index contributed by atoms with van der Waals surface area (Å²) in [5.74, 6) is 0.480. The highest BCUT2D eigenvalue weighted by molar-refractivity contribution is 6.31. The predicted molar refractivity (Wildman–Crippen MR) is 112 cm³/mol. The van der Waals surface area contributed by atoms with Gasteiger partial charge in [-0.1, -0.05) is 48.0 Å². The maximum Gasteiger partial charge on any atom is 0.275 e. The fourth-order valence-corrected chi connectivity index (χ4v) is 3.26. The van der Waals surface area contributed by atoms with Gasteiger partial charge in [0.2, 0.25) is 11.7 Å². The van der Waals surface area contributed by atoms with E-state index in [1.165, 1.54) is 10.6 Å². The minimum Gasteiger partial charge on any atom is -0.324 e. The maximum atomic E-state index is 12.7. The Morgan fingerprint density at radius 3 is 2.62 bits per heavy atom. The molecule has 8 heteroatoms. The molecule has 4 aromatic rings. The van der Waals surface area contributed by atoms with Crippen LogP contribution in [0.4, 0.5) is 5.69 Å². The Bertz CT molecular complexity index is 1280. The second-order valence-corrected chi connectivity index (χ2v) is 7.09. The molecule has 2 aromatic heterocycles. The van der Waals surface area contributed by atoms with Gasteiger partial charge in [-0.2, -0.15) is 9.50 Å². The number of nitrogens with zero attached hydrogens (tertiary/aromatic N) is 4. The average molecular weight is 408 g/mol. The third-order valence-electron chi connectivity index (χ3n) is 4.67. The summed E-state index contributed by atoms with van der Waals surface area (Å²) in [5.41, 5.74) is 2.54. The normalized spacial score (nSPS) is 11.0. The second kappa shape index (κ2) is 7.52. The molecule has 4 rings (SSSR count). The number of carbonyl (C=O) groups excluding carboxylic acids is 1. The van der Waals surface area contributed by atoms with E-state index in [2.05, 4.69) is 15.4 Å². The molecule has 0 radical (unpaired) electrons. The van der Waals surface area contributed by atoms with Crippen LogP contribution in [0.15, 0.2) is 59.4 Å². The Labute approximate surface area is 171 Å². The predicted octanol–water partition coefficient (Wildman–Crippen LogP) is 3.47. The van der Waals surface area contributed by atoms with E-state index in [0.717, 1.165) is 11.1 Å². The number of nitrogens with one attached hydrogen (secondary N) is 1. The fourth-order valence-electron chi connectivity index (χ4n) is 3.08. The van der Waals surface area contributed by atoms with Gasteiger partial charge in [-0.25, -0.2) is 0 Å². The lowest BCUT2D eigenvalue weighted by molar-refractivity contribution is -0.116. The number of fused-ring (bicyclic) bond motifs is 1. The van der Waals surface area contributed by atoms with Gasteiger partial charge in [-0.3, -0.25) is 9.59 Å². The van der Waals surface area contributed by atoms with Crippen molar-refractivity contribution >= 4 is 29.0 Å². The van der Waals surface area contributed by atoms with Crippen LogP contribution in [0.1, 0.15) is 11.3 Å². The number of anilines is 1. The zero-order valence-corrected chi connectivity index (χ0v) is 16.6. The largest absolute Gasteiger partial charge is 0.324 e. The molecule has 0 fully saturated rings. The van der Waals surface area contributed by atoms with Gasteiger partial charge in [-0.15, -0.1) is 5.10 Å². The van der Waals surface area contributed by atoms with Gasteiger partial charge in [0, 0.05) is 28.0 Å². The summed E-state index contributed by atoms with van der Waals surface area (Å²) >= 11 is 6.13. The van der Waals surface area contributed by atoms with Gasteiger partial charge in [0.1, 0.15) is 6.54 Å². The smallest absolute Gasteiger partial charge is 0.275 e. The zero-order chi connectivity index (χ0) is 20.5. The molecule has 0 unspecified atom stereocenters. The molecule has 0 aliphatic rings. The van der Waals surface area contributed by atoms with Crippen LogP contribution in [-0.4, -0.2) is 25.1 Å². The average Bonchev–Trinajstić information content (AvgIpc) is 3.15. The van der Waals surface area contributed by atoms with Crippen LogP contribution in [0.25, 0.3) is 17.2 Å². The van der Waals surface area contributed by atoms with E-state index >= 15 is 0 Å². The summed E-state index contributed by atoms with van der Waals surface area (Å²) < 4.78 is 2.88. The first-order chi connectivity index (χ1) is 13.9. The van der Waals surface area contributed by atoms with E-state index in [0.29, 0.717) is 28.0 Å². The highest BCUT2D eigenvalue weighted by Crippen LogP contribution is 2.23. The van der Waals surface area contributed by atoms with E-state index in [4.69, 9.17) is 11.6 Å². The second-order valence-electron chi connectivity index (χ2n) is 6.68. The van der Waals surface area contributed by atoms with Gasteiger partial charge in [0.25, 0.3) is 5.56 Å². The monoisotopic (exact) mass is 407 g/mol. The van der Waals surface area contributed by atoms with Crippen molar-refractivity contribution < 1.29 is 4.79 Å². The van der Waals surface area contributed by atoms with Crippen LogP contribution < -0.4 is 10.9 Å². The number of amides is 1. The molecule has 0 aliphatic carbocycles. The lowest BCUT2D eigenvalue weighted by Crippen LogP contribution is -2.25. The number of halogens is 1. The molecule has 29 heavy (non-hydrogen) atoms. The molecule has 1 N–H and O–H groups in total. The topological polar surface area (TPSA) is 81.3 Å². The first kappa shape index (κ1) is 18.9. The summed E-state index contributed by atoms with van der Waals surface area (Å²) in [7, 11) is 0. The molecule has 0 aliphatic heterocycles. The maximum absolute atomic E-state index is 12.7. The Balaban J connectivity index is 1.71. The van der Waals surface area contributed by atoms with Crippen molar-refractivity contribution in [2.75, 3.05) is 5.32 Å². The molecule has 2 heterocycles. The lowest BCUT2D eigenvalue weighted by atomic mass is 10.2. The van der Waals surface area contributed by atoms with Gasteiger partial charge in [0.15, 0.2) is 5.82 Å². The van der Waals surface area contributed by atoms with E-state index in [1.807, 2.05) is 37.3 Å². The Morgan fingerprint density at radius 1 is 1.10 bits per heavy atom. The SMILES string of the molecule is Cc1c(Cl)cccc1NC(=O)Cn1c(C)cc(=O)n2nc(-c3ccccc3)nc12. The van der Waals surface area contributed by atoms with Gasteiger partial charge in [0.05, 0.1) is 0 Å². The zero-order valence-electron chi connectivity index (χ0n) is 15.9. The molecule has 0 saturated heterocycles. The fraction of sp³-hybridized carbons (Fsp3) is 0.143. The van der Waals surface area contributed by atoms with E-state index in [1.54, 1.807) is 29.7 Å². The Hall–Kier alpha value is -3.45. The number of benzene rings is 2. The van der Waals surface area contributed by atoms with Crippen LogP contribution >= 0.6 is 11.6 Å². The molecule has 0 spiro atoms. The summed E-state index contributed by atoms with van der Waals surface area (Å²) in [4.78, 5) is 29.6. The van der Waals surface area contributed by atoms with Crippen molar-refractivity contribution in [1.82, 2.24) is 19.2 Å². The molecule has 7 nitrogen and oxygen atoms in total. The highest BCUT2D eigenvalue weighted by atomic mass is 35.5. The van der Waals surface area contributed by atoms with Crippen molar-refractivity contribution in [3.8, 4) is 11.4 Å². The first-order valence-electron chi connectivity index (χ1n) is 9.01. The van der Waals surface area contributed by atoms with Crippen molar-refractivity contribution in [2.24, 2.45) is 0 Å². The van der Waals surface area contributed by atoms with Crippen molar-refractivity contribution in [1.29, 1.82) is 0 Å². The van der Waals surface area contributed by atoms with Crippen LogP contribution in [0.3, 0.4) is 0 Å². The van der Waals surface area contributed by atoms with Gasteiger partial charge in [-0.05, 0) is 31.5 Å². The number of hydrogen-bond donors (Lipinski definition) is 1. The van der Waals surface area contributed by atoms with Crippen molar-refractivity contribution in [3.63, 3.8) is 0 Å². The van der Waals surface area contributed by atoms with Gasteiger partial charge < -0.3 is 9.88 Å². The summed E-state index contributed by atoms with van der Waals surface area (Å²) in [6.07, 6.45) is 0. The third kappa shape index (κ3) is 3.64. The summed E-state index contributed by atoms with van der Waals surface area (Å²) in [6.45, 7) is 3.58. The molecule has 0 saturated carbocycles. The van der Waals surface area contributed by atoms with Crippen LogP contribution in [-0.2, 0) is 11.3 Å². The number of rotatable bonds is 4. The van der Waals surface area contributed by atoms with E-state index in [-0.39, 0.29) is 18.0 Å². The number of aromatic nitrogens is 4. The van der Waals surface area contributed by atoms with E-state index < -0.39 is 0 Å². The molecular formula is C21H18ClN5O2. The molecule has 2 aromatic carbocycles.